The number of imidazole rings is 2. The molecule has 0 amide bonds. The number of fused-ring (bicyclic) bond motifs is 4. The number of hydrogen-bond acceptors (Lipinski definition) is 20. The van der Waals surface area contributed by atoms with Crippen molar-refractivity contribution in [3.63, 3.8) is 0 Å². The van der Waals surface area contributed by atoms with Gasteiger partial charge in [0, 0.05) is 19.3 Å². The molecular formula is C28H36N10Na2O11P2S+2. The number of methoxy groups -OCH3 is 1. The summed E-state index contributed by atoms with van der Waals surface area (Å²) in [7, 11) is -6.12. The molecule has 9 rings (SSSR count). The Kier molecular flexibility index (Phi) is 13.5. The van der Waals surface area contributed by atoms with Crippen molar-refractivity contribution in [1.82, 2.24) is 39.0 Å². The Labute approximate surface area is 359 Å². The Morgan fingerprint density at radius 1 is 0.852 bits per heavy atom. The van der Waals surface area contributed by atoms with Gasteiger partial charge in [-0.2, -0.15) is 28.6 Å². The van der Waals surface area contributed by atoms with Crippen LogP contribution in [0.4, 0.5) is 11.6 Å². The van der Waals surface area contributed by atoms with E-state index in [4.69, 9.17) is 43.8 Å². The molecule has 5 aromatic rings. The minimum atomic E-state index is -3.92. The summed E-state index contributed by atoms with van der Waals surface area (Å²) >= 11 is 1.50. The predicted molar refractivity (Wildman–Crippen MR) is 185 cm³/mol. The summed E-state index contributed by atoms with van der Waals surface area (Å²) < 4.78 is 41.6. The molecule has 4 aromatic heterocycles. The summed E-state index contributed by atoms with van der Waals surface area (Å²) in [5.74, 6) is 1.21. The fraction of sp³-hybridized carbons (Fsp3) is 0.429. The van der Waals surface area contributed by atoms with Gasteiger partial charge >= 0.3 is 75.5 Å². The van der Waals surface area contributed by atoms with Crippen LogP contribution >= 0.6 is 28.1 Å². The quantitative estimate of drug-likeness (QED) is 0.0536. The third-order valence-corrected chi connectivity index (χ3v) is 11.8. The third-order valence-electron chi connectivity index (χ3n) is 8.72. The second-order valence-electron chi connectivity index (χ2n) is 12.0. The number of rotatable bonds is 6. The summed E-state index contributed by atoms with van der Waals surface area (Å²) in [6.45, 7) is 0.0454. The number of nitrogen functional groups attached to an aromatic ring is 2. The monoisotopic (exact) mass is 828 g/mol. The summed E-state index contributed by atoms with van der Waals surface area (Å²) in [6.07, 6.45) is 0.908. The second kappa shape index (κ2) is 17.3. The first-order valence-corrected chi connectivity index (χ1v) is 19.8. The van der Waals surface area contributed by atoms with E-state index in [1.54, 1.807) is 15.5 Å². The van der Waals surface area contributed by atoms with E-state index in [1.165, 1.54) is 31.5 Å². The van der Waals surface area contributed by atoms with Gasteiger partial charge < -0.3 is 28.5 Å². The maximum Gasteiger partial charge on any atom is 1.00 e. The second-order valence-corrected chi connectivity index (χ2v) is 15.8. The molecule has 8 heterocycles. The van der Waals surface area contributed by atoms with E-state index >= 15 is 0 Å². The summed E-state index contributed by atoms with van der Waals surface area (Å²) in [4.78, 5) is 64.0. The van der Waals surface area contributed by atoms with Crippen LogP contribution in [0.15, 0.2) is 54.5 Å². The van der Waals surface area contributed by atoms with E-state index in [0.717, 1.165) is 5.56 Å². The van der Waals surface area contributed by atoms with E-state index in [2.05, 4.69) is 29.9 Å². The van der Waals surface area contributed by atoms with Crippen LogP contribution < -0.4 is 70.6 Å². The average Bonchev–Trinajstić information content (AvgIpc) is 3.90. The van der Waals surface area contributed by atoms with Gasteiger partial charge in [0.2, 0.25) is 0 Å². The molecular weight excluding hydrogens is 792 g/mol. The minimum absolute atomic E-state index is 0. The van der Waals surface area contributed by atoms with Gasteiger partial charge in [-0.05, 0) is 5.56 Å². The molecule has 4 saturated heterocycles. The fourth-order valence-corrected chi connectivity index (χ4v) is 9.26. The number of thioether (sulfide) groups is 1. The molecule has 0 spiro atoms. The van der Waals surface area contributed by atoms with Gasteiger partial charge in [0.1, 0.15) is 62.0 Å². The number of hydrogen-bond donors (Lipinski definition) is 6. The molecule has 4 fully saturated rings. The van der Waals surface area contributed by atoms with Crippen LogP contribution in [-0.4, -0.2) is 109 Å². The van der Waals surface area contributed by atoms with Crippen molar-refractivity contribution >= 4 is 62.1 Å². The first-order valence-electron chi connectivity index (χ1n) is 15.8. The van der Waals surface area contributed by atoms with Crippen molar-refractivity contribution in [1.29, 1.82) is 0 Å². The zero-order valence-electron chi connectivity index (χ0n) is 31.2. The van der Waals surface area contributed by atoms with Gasteiger partial charge in [-0.15, -0.1) is 9.05 Å². The van der Waals surface area contributed by atoms with Crippen molar-refractivity contribution in [2.24, 2.45) is 0 Å². The Bertz CT molecular complexity index is 2090. The molecule has 54 heavy (non-hydrogen) atoms. The third kappa shape index (κ3) is 8.59. The van der Waals surface area contributed by atoms with Crippen LogP contribution in [0.1, 0.15) is 27.3 Å². The molecule has 7 atom stereocenters. The predicted octanol–water partition coefficient (Wildman–Crippen LogP) is -4.30. The summed E-state index contributed by atoms with van der Waals surface area (Å²) in [5, 5.41) is 0.617. The Morgan fingerprint density at radius 2 is 1.52 bits per heavy atom. The SMILES string of the molecule is COC1[C@H](n2c(SCc3ccccc3)nc3c(N)ncnc32)O[C@@H]2CO[P+](O)(O)O[C@@H]12.Nc1ncnc2c1ncn2C1C[C@@H]2O[P+](O)(O)OC[C@H]2O1.[H-].[H-].[Na+].[Na+]. The van der Waals surface area contributed by atoms with Gasteiger partial charge in [0.05, 0.1) is 6.33 Å². The Hall–Kier alpha value is -1.31. The smallest absolute Gasteiger partial charge is 1.00 e. The molecule has 8 N–H and O–H groups in total. The van der Waals surface area contributed by atoms with Crippen molar-refractivity contribution in [2.75, 3.05) is 31.8 Å². The number of nitrogens with two attached hydrogens (primary N) is 2. The number of aromatic nitrogens is 8. The maximum absolute atomic E-state index is 9.88. The number of ether oxygens (including phenoxy) is 3. The van der Waals surface area contributed by atoms with E-state index in [0.29, 0.717) is 45.5 Å². The molecule has 2 unspecified atom stereocenters. The van der Waals surface area contributed by atoms with E-state index in [9.17, 15) is 19.6 Å². The molecule has 4 aliphatic heterocycles. The standard InChI is InChI=1S/C18H21N5O6PS.C10H13N5O5P.2Na.2H/c1-26-14-13-11(7-27-30(24,25)29-13)28-17(14)23-16-12(15(19)20-9-21-16)22-18(23)31-8-10-5-3-2-4-6-10;11-9-8-10(13-3-12-9)15(4-14-8)7-1-5-6(19-7)2-18-21(16,17)20-5;;;;/h2-6,9,11,13-14,17,24-25H,7-8H2,1H3,(H2,19,20,21);3-7,16-17H,1-2H2,(H2,11,12,13);;;;/q4*+1;2*-1/t11-,13-,14?,17-;5-,6+,7?;;;;/m10..../s1. The van der Waals surface area contributed by atoms with Crippen molar-refractivity contribution < 1.29 is 114 Å². The number of benzene rings is 1. The van der Waals surface area contributed by atoms with Crippen LogP contribution in [-0.2, 0) is 38.1 Å². The summed E-state index contributed by atoms with van der Waals surface area (Å²) in [6, 6.07) is 9.98. The maximum atomic E-state index is 9.88. The first kappa shape index (κ1) is 42.3. The molecule has 0 bridgehead atoms. The van der Waals surface area contributed by atoms with Crippen LogP contribution in [0.2, 0.25) is 0 Å². The average molecular weight is 829 g/mol. The Morgan fingerprint density at radius 3 is 2.24 bits per heavy atom. The van der Waals surface area contributed by atoms with Gasteiger partial charge in [-0.25, -0.2) is 29.9 Å². The van der Waals surface area contributed by atoms with Gasteiger partial charge in [0.15, 0.2) is 45.9 Å². The molecule has 280 valence electrons. The zero-order chi connectivity index (χ0) is 36.2. The number of anilines is 2. The molecule has 0 radical (unpaired) electrons. The van der Waals surface area contributed by atoms with Crippen molar-refractivity contribution in [2.45, 2.75) is 60.3 Å². The normalized spacial score (nSPS) is 28.0. The molecule has 4 aliphatic rings. The minimum Gasteiger partial charge on any atom is -1.00 e. The topological polar surface area (TPSA) is 285 Å². The van der Waals surface area contributed by atoms with E-state index in [1.807, 2.05) is 30.3 Å². The molecule has 0 saturated carbocycles. The van der Waals surface area contributed by atoms with Gasteiger partial charge in [-0.1, -0.05) is 42.1 Å². The van der Waals surface area contributed by atoms with Gasteiger partial charge in [-0.3, -0.25) is 9.13 Å². The van der Waals surface area contributed by atoms with E-state index < -0.39 is 47.0 Å². The molecule has 21 nitrogen and oxygen atoms in total. The van der Waals surface area contributed by atoms with Gasteiger partial charge in [0.25, 0.3) is 0 Å². The Balaban J connectivity index is 0.000000246. The van der Waals surface area contributed by atoms with Crippen LogP contribution in [0.3, 0.4) is 0 Å². The largest absolute Gasteiger partial charge is 1.00 e. The molecule has 1 aromatic carbocycles. The zero-order valence-corrected chi connectivity index (χ0v) is 35.8. The first-order chi connectivity index (χ1) is 25.0. The van der Waals surface area contributed by atoms with Crippen molar-refractivity contribution in [3.8, 4) is 0 Å². The van der Waals surface area contributed by atoms with Crippen LogP contribution in [0, 0.1) is 0 Å². The molecule has 26 heteroatoms. The number of nitrogens with zero attached hydrogens (tertiary/aromatic N) is 8. The van der Waals surface area contributed by atoms with Crippen LogP contribution in [0.25, 0.3) is 22.3 Å². The summed E-state index contributed by atoms with van der Waals surface area (Å²) in [5.41, 5.74) is 14.9. The van der Waals surface area contributed by atoms with Crippen LogP contribution in [0.5, 0.6) is 0 Å². The fourth-order valence-electron chi connectivity index (χ4n) is 6.34. The van der Waals surface area contributed by atoms with E-state index in [-0.39, 0.29) is 93.3 Å². The molecule has 0 aliphatic carbocycles. The van der Waals surface area contributed by atoms with Crippen molar-refractivity contribution in [3.05, 3.63) is 54.9 Å².